The number of amides is 1. The smallest absolute Gasteiger partial charge is 0.265 e. The predicted molar refractivity (Wildman–Crippen MR) is 102 cm³/mol. The van der Waals surface area contributed by atoms with Gasteiger partial charge in [0.05, 0.1) is 16.6 Å². The molecule has 1 aromatic heterocycles. The number of carbonyl (C=O) groups is 1. The van der Waals surface area contributed by atoms with Crippen LogP contribution < -0.4 is 5.56 Å². The summed E-state index contributed by atoms with van der Waals surface area (Å²) in [5.41, 5.74) is 1.95. The van der Waals surface area contributed by atoms with Crippen molar-refractivity contribution in [2.24, 2.45) is 0 Å². The lowest BCUT2D eigenvalue weighted by Gasteiger charge is -2.20. The normalized spacial score (nSPS) is 15.0. The zero-order valence-electron chi connectivity index (χ0n) is 14.6. The monoisotopic (exact) mass is 347 g/mol. The van der Waals surface area contributed by atoms with Crippen LogP contribution in [0.15, 0.2) is 59.7 Å². The summed E-state index contributed by atoms with van der Waals surface area (Å²) in [6.07, 6.45) is 6.07. The standard InChI is InChI=1S/C21H21N3O2/c25-20(23-13-5-1-2-6-14-23)16-9-11-17(12-10-16)24-15-22-19-8-4-3-7-18(19)21(24)26/h3-4,7-12,15H,1-2,5-6,13-14H2. The van der Waals surface area contributed by atoms with Gasteiger partial charge in [-0.05, 0) is 49.2 Å². The maximum absolute atomic E-state index is 12.7. The minimum absolute atomic E-state index is 0.0717. The predicted octanol–water partition coefficient (Wildman–Crippen LogP) is 3.40. The van der Waals surface area contributed by atoms with Crippen LogP contribution in [-0.4, -0.2) is 33.4 Å². The molecule has 1 amide bonds. The number of rotatable bonds is 2. The number of hydrogen-bond acceptors (Lipinski definition) is 3. The molecule has 0 unspecified atom stereocenters. The molecule has 5 nitrogen and oxygen atoms in total. The summed E-state index contributed by atoms with van der Waals surface area (Å²) in [6.45, 7) is 1.66. The molecule has 0 aliphatic carbocycles. The number of aromatic nitrogens is 2. The molecule has 0 spiro atoms. The van der Waals surface area contributed by atoms with E-state index < -0.39 is 0 Å². The zero-order valence-corrected chi connectivity index (χ0v) is 14.6. The average molecular weight is 347 g/mol. The van der Waals surface area contributed by atoms with Crippen LogP contribution in [0, 0.1) is 0 Å². The highest BCUT2D eigenvalue weighted by atomic mass is 16.2. The molecule has 4 rings (SSSR count). The summed E-state index contributed by atoms with van der Waals surface area (Å²) in [5, 5.41) is 0.583. The number of fused-ring (bicyclic) bond motifs is 1. The van der Waals surface area contributed by atoms with Crippen LogP contribution in [0.2, 0.25) is 0 Å². The van der Waals surface area contributed by atoms with Crippen molar-refractivity contribution in [1.29, 1.82) is 0 Å². The molecule has 5 heteroatoms. The third kappa shape index (κ3) is 3.12. The molecule has 1 aliphatic heterocycles. The van der Waals surface area contributed by atoms with E-state index in [4.69, 9.17) is 0 Å². The third-order valence-electron chi connectivity index (χ3n) is 4.95. The van der Waals surface area contributed by atoms with Gasteiger partial charge < -0.3 is 4.90 Å². The minimum Gasteiger partial charge on any atom is -0.339 e. The number of para-hydroxylation sites is 1. The van der Waals surface area contributed by atoms with Gasteiger partial charge in [0.2, 0.25) is 0 Å². The molecule has 132 valence electrons. The Bertz CT molecular complexity index is 984. The minimum atomic E-state index is -0.109. The first-order chi connectivity index (χ1) is 12.7. The first kappa shape index (κ1) is 16.5. The molecule has 1 fully saturated rings. The van der Waals surface area contributed by atoms with Crippen LogP contribution in [0.1, 0.15) is 36.0 Å². The Morgan fingerprint density at radius 3 is 2.31 bits per heavy atom. The Kier molecular flexibility index (Phi) is 4.52. The van der Waals surface area contributed by atoms with E-state index in [0.717, 1.165) is 25.9 Å². The van der Waals surface area contributed by atoms with Gasteiger partial charge in [0, 0.05) is 18.7 Å². The quantitative estimate of drug-likeness (QED) is 0.714. The van der Waals surface area contributed by atoms with Gasteiger partial charge in [-0.25, -0.2) is 4.98 Å². The second kappa shape index (κ2) is 7.12. The lowest BCUT2D eigenvalue weighted by molar-refractivity contribution is 0.0761. The summed E-state index contributed by atoms with van der Waals surface area (Å²) in [7, 11) is 0. The van der Waals surface area contributed by atoms with E-state index in [0.29, 0.717) is 22.2 Å². The number of hydrogen-bond donors (Lipinski definition) is 0. The molecule has 2 aromatic carbocycles. The van der Waals surface area contributed by atoms with Gasteiger partial charge in [-0.3, -0.25) is 14.2 Å². The Morgan fingerprint density at radius 1 is 0.885 bits per heavy atom. The molecular formula is C21H21N3O2. The molecule has 0 saturated carbocycles. The lowest BCUT2D eigenvalue weighted by atomic mass is 10.1. The van der Waals surface area contributed by atoms with Crippen LogP contribution in [0.25, 0.3) is 16.6 Å². The number of carbonyl (C=O) groups excluding carboxylic acids is 1. The highest BCUT2D eigenvalue weighted by Gasteiger charge is 2.17. The van der Waals surface area contributed by atoms with Gasteiger partial charge in [-0.1, -0.05) is 25.0 Å². The highest BCUT2D eigenvalue weighted by Crippen LogP contribution is 2.15. The maximum atomic E-state index is 12.7. The van der Waals surface area contributed by atoms with E-state index >= 15 is 0 Å². The fourth-order valence-corrected chi connectivity index (χ4v) is 3.47. The van der Waals surface area contributed by atoms with E-state index in [9.17, 15) is 9.59 Å². The molecule has 0 atom stereocenters. The van der Waals surface area contributed by atoms with Crippen molar-refractivity contribution in [2.45, 2.75) is 25.7 Å². The summed E-state index contributed by atoms with van der Waals surface area (Å²) in [4.78, 5) is 31.7. The molecule has 3 aromatic rings. The Hall–Kier alpha value is -2.95. The summed E-state index contributed by atoms with van der Waals surface area (Å²) < 4.78 is 1.52. The van der Waals surface area contributed by atoms with Gasteiger partial charge in [-0.2, -0.15) is 0 Å². The van der Waals surface area contributed by atoms with Crippen LogP contribution >= 0.6 is 0 Å². The average Bonchev–Trinajstić information content (AvgIpc) is 2.98. The van der Waals surface area contributed by atoms with Gasteiger partial charge in [0.1, 0.15) is 6.33 Å². The Labute approximate surface area is 151 Å². The molecule has 0 bridgehead atoms. The molecule has 0 N–H and O–H groups in total. The van der Waals surface area contributed by atoms with Crippen molar-refractivity contribution in [1.82, 2.24) is 14.5 Å². The van der Waals surface area contributed by atoms with Gasteiger partial charge >= 0.3 is 0 Å². The fraction of sp³-hybridized carbons (Fsp3) is 0.286. The van der Waals surface area contributed by atoms with Crippen molar-refractivity contribution >= 4 is 16.8 Å². The first-order valence-electron chi connectivity index (χ1n) is 9.10. The second-order valence-electron chi connectivity index (χ2n) is 6.69. The van der Waals surface area contributed by atoms with E-state index in [1.54, 1.807) is 18.2 Å². The largest absolute Gasteiger partial charge is 0.339 e. The van der Waals surface area contributed by atoms with Gasteiger partial charge in [0.25, 0.3) is 11.5 Å². The topological polar surface area (TPSA) is 55.2 Å². The zero-order chi connectivity index (χ0) is 17.9. The van der Waals surface area contributed by atoms with Gasteiger partial charge in [-0.15, -0.1) is 0 Å². The van der Waals surface area contributed by atoms with Crippen LogP contribution in [0.4, 0.5) is 0 Å². The molecule has 2 heterocycles. The molecule has 1 aliphatic rings. The van der Waals surface area contributed by atoms with E-state index in [1.807, 2.05) is 35.2 Å². The molecular weight excluding hydrogens is 326 g/mol. The Morgan fingerprint density at radius 2 is 1.58 bits per heavy atom. The van der Waals surface area contributed by atoms with Crippen molar-refractivity contribution < 1.29 is 4.79 Å². The highest BCUT2D eigenvalue weighted by molar-refractivity contribution is 5.94. The molecule has 0 radical (unpaired) electrons. The summed E-state index contributed by atoms with van der Waals surface area (Å²) in [6, 6.07) is 14.5. The van der Waals surface area contributed by atoms with E-state index in [2.05, 4.69) is 4.98 Å². The third-order valence-corrected chi connectivity index (χ3v) is 4.95. The molecule has 26 heavy (non-hydrogen) atoms. The van der Waals surface area contributed by atoms with Crippen molar-refractivity contribution in [3.05, 3.63) is 70.8 Å². The number of likely N-dealkylation sites (tertiary alicyclic amines) is 1. The van der Waals surface area contributed by atoms with Crippen LogP contribution in [0.3, 0.4) is 0 Å². The molecule has 1 saturated heterocycles. The summed E-state index contributed by atoms with van der Waals surface area (Å²) in [5.74, 6) is 0.0717. The summed E-state index contributed by atoms with van der Waals surface area (Å²) >= 11 is 0. The van der Waals surface area contributed by atoms with Crippen LogP contribution in [-0.2, 0) is 0 Å². The van der Waals surface area contributed by atoms with Crippen molar-refractivity contribution in [3.8, 4) is 5.69 Å². The van der Waals surface area contributed by atoms with E-state index in [1.165, 1.54) is 23.7 Å². The van der Waals surface area contributed by atoms with Crippen LogP contribution in [0.5, 0.6) is 0 Å². The van der Waals surface area contributed by atoms with Crippen molar-refractivity contribution in [3.63, 3.8) is 0 Å². The second-order valence-corrected chi connectivity index (χ2v) is 6.69. The van der Waals surface area contributed by atoms with Crippen molar-refractivity contribution in [2.75, 3.05) is 13.1 Å². The Balaban J connectivity index is 1.63. The lowest BCUT2D eigenvalue weighted by Crippen LogP contribution is -2.31. The SMILES string of the molecule is O=C(c1ccc(-n2cnc3ccccc3c2=O)cc1)N1CCCCCC1. The van der Waals surface area contributed by atoms with Gasteiger partial charge in [0.15, 0.2) is 0 Å². The fourth-order valence-electron chi connectivity index (χ4n) is 3.47. The van der Waals surface area contributed by atoms with E-state index in [-0.39, 0.29) is 11.5 Å². The first-order valence-corrected chi connectivity index (χ1v) is 9.10. The number of benzene rings is 2. The number of nitrogens with zero attached hydrogens (tertiary/aromatic N) is 3. The maximum Gasteiger partial charge on any atom is 0.265 e.